The molecule has 2 amide bonds. The smallest absolute Gasteiger partial charge is 0.245 e. The fourth-order valence-electron chi connectivity index (χ4n) is 5.40. The van der Waals surface area contributed by atoms with E-state index in [2.05, 4.69) is 15.1 Å². The molecule has 0 unspecified atom stereocenters. The zero-order valence-electron chi connectivity index (χ0n) is 16.4. The van der Waals surface area contributed by atoms with E-state index in [1.807, 2.05) is 18.0 Å². The highest BCUT2D eigenvalue weighted by Gasteiger charge is 2.52. The van der Waals surface area contributed by atoms with Crippen LogP contribution in [-0.4, -0.2) is 64.0 Å². The Morgan fingerprint density at radius 3 is 3.00 bits per heavy atom. The normalized spacial score (nSPS) is 28.9. The van der Waals surface area contributed by atoms with Crippen molar-refractivity contribution in [1.29, 1.82) is 0 Å². The molecule has 3 aliphatic heterocycles. The number of hydrogen-bond donors (Lipinski definition) is 0. The molecule has 2 aromatic rings. The summed E-state index contributed by atoms with van der Waals surface area (Å²) in [6.07, 6.45) is 6.69. The number of aromatic nitrogens is 2. The Morgan fingerprint density at radius 1 is 1.38 bits per heavy atom. The van der Waals surface area contributed by atoms with Gasteiger partial charge in [-0.3, -0.25) is 9.59 Å². The topological polar surface area (TPSA) is 82.8 Å². The molecule has 5 heterocycles. The quantitative estimate of drug-likeness (QED) is 0.760. The van der Waals surface area contributed by atoms with Crippen molar-refractivity contribution in [3.63, 3.8) is 0 Å². The van der Waals surface area contributed by atoms with Gasteiger partial charge in [-0.1, -0.05) is 11.3 Å². The number of anilines is 1. The molecular weight excluding hydrogens is 390 g/mol. The Morgan fingerprint density at radius 2 is 2.24 bits per heavy atom. The Bertz CT molecular complexity index is 871. The van der Waals surface area contributed by atoms with Gasteiger partial charge < -0.3 is 19.1 Å². The summed E-state index contributed by atoms with van der Waals surface area (Å²) in [5.41, 5.74) is 2.70. The van der Waals surface area contributed by atoms with Gasteiger partial charge >= 0.3 is 0 Å². The van der Waals surface area contributed by atoms with Gasteiger partial charge in [0.05, 0.1) is 12.5 Å². The lowest BCUT2D eigenvalue weighted by Crippen LogP contribution is -2.68. The second-order valence-electron chi connectivity index (χ2n) is 8.41. The van der Waals surface area contributed by atoms with E-state index in [9.17, 15) is 9.59 Å². The Kier molecular flexibility index (Phi) is 4.77. The summed E-state index contributed by atoms with van der Waals surface area (Å²) >= 11 is 1.53. The number of furan rings is 1. The maximum atomic E-state index is 13.6. The summed E-state index contributed by atoms with van der Waals surface area (Å²) in [5.74, 6) is 0.643. The molecule has 5 rings (SSSR count). The fourth-order valence-corrected chi connectivity index (χ4v) is 5.98. The molecule has 8 nitrogen and oxygen atoms in total. The standard InChI is InChI=1S/C20H25N5O3S/c1-23(8-13-5-6-28-11-13)19(27)18-15-7-14(16-3-2-4-17(26)25(16)18)9-24(10-15)20-22-21-12-29-20/h5-6,11-12,14-16,18H,2-4,7-10H2,1H3/t14-,15+,16-,18+/m0/s1. The first-order valence-corrected chi connectivity index (χ1v) is 11.1. The number of carbonyl (C=O) groups is 2. The molecule has 9 heteroatoms. The minimum absolute atomic E-state index is 0.0222. The molecule has 0 aliphatic carbocycles. The molecule has 154 valence electrons. The second-order valence-corrected chi connectivity index (χ2v) is 9.23. The molecule has 0 aromatic carbocycles. The van der Waals surface area contributed by atoms with Crippen molar-refractivity contribution in [3.8, 4) is 0 Å². The van der Waals surface area contributed by atoms with E-state index in [1.165, 1.54) is 11.3 Å². The molecule has 3 aliphatic rings. The zero-order valence-corrected chi connectivity index (χ0v) is 17.3. The first-order valence-electron chi connectivity index (χ1n) is 10.2. The first-order chi connectivity index (χ1) is 14.1. The number of amides is 2. The van der Waals surface area contributed by atoms with Gasteiger partial charge in [0.2, 0.25) is 16.9 Å². The number of likely N-dealkylation sites (N-methyl/N-ethyl adjacent to an activating group) is 1. The van der Waals surface area contributed by atoms with E-state index in [-0.39, 0.29) is 23.8 Å². The average Bonchev–Trinajstić information content (AvgIpc) is 3.42. The van der Waals surface area contributed by atoms with Crippen molar-refractivity contribution in [2.45, 2.75) is 44.3 Å². The van der Waals surface area contributed by atoms with Crippen molar-refractivity contribution in [1.82, 2.24) is 20.0 Å². The molecule has 3 saturated heterocycles. The average molecular weight is 416 g/mol. The van der Waals surface area contributed by atoms with E-state index in [1.54, 1.807) is 22.9 Å². The third kappa shape index (κ3) is 3.31. The molecule has 29 heavy (non-hydrogen) atoms. The summed E-state index contributed by atoms with van der Waals surface area (Å²) in [7, 11) is 1.82. The summed E-state index contributed by atoms with van der Waals surface area (Å²) in [6, 6.07) is 1.60. The van der Waals surface area contributed by atoms with Crippen molar-refractivity contribution in [2.75, 3.05) is 25.0 Å². The summed E-state index contributed by atoms with van der Waals surface area (Å²) in [5, 5.41) is 9.15. The summed E-state index contributed by atoms with van der Waals surface area (Å²) in [6.45, 7) is 2.10. The van der Waals surface area contributed by atoms with Gasteiger partial charge in [0, 0.05) is 50.6 Å². The summed E-state index contributed by atoms with van der Waals surface area (Å²) in [4.78, 5) is 32.5. The van der Waals surface area contributed by atoms with Crippen LogP contribution in [0.2, 0.25) is 0 Å². The third-order valence-electron chi connectivity index (χ3n) is 6.59. The maximum Gasteiger partial charge on any atom is 0.245 e. The van der Waals surface area contributed by atoms with Crippen LogP contribution in [-0.2, 0) is 16.1 Å². The molecule has 0 N–H and O–H groups in total. The zero-order chi connectivity index (χ0) is 20.0. The summed E-state index contributed by atoms with van der Waals surface area (Å²) < 4.78 is 5.14. The molecule has 2 bridgehead atoms. The van der Waals surface area contributed by atoms with Crippen LogP contribution in [0.5, 0.6) is 0 Å². The molecule has 3 fully saturated rings. The SMILES string of the molecule is CN(Cc1ccoc1)C(=O)[C@H]1[C@@H]2C[C@@H](CN(c3nncs3)C2)[C@@H]2CCCC(=O)N21. The van der Waals surface area contributed by atoms with Gasteiger partial charge in [0.25, 0.3) is 0 Å². The number of rotatable bonds is 4. The van der Waals surface area contributed by atoms with Gasteiger partial charge in [-0.2, -0.15) is 0 Å². The first kappa shape index (κ1) is 18.6. The van der Waals surface area contributed by atoms with Gasteiger partial charge in [0.1, 0.15) is 11.6 Å². The highest BCUT2D eigenvalue weighted by molar-refractivity contribution is 7.13. The Hall–Kier alpha value is -2.42. The molecule has 0 saturated carbocycles. The molecule has 0 spiro atoms. The minimum Gasteiger partial charge on any atom is -0.472 e. The Labute approximate surface area is 173 Å². The van der Waals surface area contributed by atoms with Gasteiger partial charge in [0.15, 0.2) is 0 Å². The predicted molar refractivity (Wildman–Crippen MR) is 107 cm³/mol. The van der Waals surface area contributed by atoms with Crippen LogP contribution in [0, 0.1) is 11.8 Å². The molecule has 0 radical (unpaired) electrons. The van der Waals surface area contributed by atoms with Gasteiger partial charge in [-0.15, -0.1) is 10.2 Å². The monoisotopic (exact) mass is 415 g/mol. The van der Waals surface area contributed by atoms with Crippen molar-refractivity contribution < 1.29 is 14.0 Å². The van der Waals surface area contributed by atoms with Crippen LogP contribution in [0.3, 0.4) is 0 Å². The highest BCUT2D eigenvalue weighted by Crippen LogP contribution is 2.43. The van der Waals surface area contributed by atoms with Crippen LogP contribution < -0.4 is 4.90 Å². The van der Waals surface area contributed by atoms with Crippen LogP contribution in [0.1, 0.15) is 31.2 Å². The third-order valence-corrected chi connectivity index (χ3v) is 7.34. The lowest BCUT2D eigenvalue weighted by atomic mass is 9.71. The van der Waals surface area contributed by atoms with E-state index in [0.29, 0.717) is 18.9 Å². The van der Waals surface area contributed by atoms with Crippen LogP contribution in [0.25, 0.3) is 0 Å². The van der Waals surface area contributed by atoms with Crippen molar-refractivity contribution >= 4 is 28.3 Å². The highest BCUT2D eigenvalue weighted by atomic mass is 32.1. The van der Waals surface area contributed by atoms with Crippen LogP contribution in [0.4, 0.5) is 5.13 Å². The van der Waals surface area contributed by atoms with E-state index in [0.717, 1.165) is 43.0 Å². The van der Waals surface area contributed by atoms with E-state index >= 15 is 0 Å². The van der Waals surface area contributed by atoms with Crippen molar-refractivity contribution in [2.24, 2.45) is 11.8 Å². The number of nitrogens with zero attached hydrogens (tertiary/aromatic N) is 5. The number of fused-ring (bicyclic) bond motifs is 4. The molecule has 4 atom stereocenters. The Balaban J connectivity index is 1.44. The fraction of sp³-hybridized carbons (Fsp3) is 0.600. The number of piperidine rings is 3. The maximum absolute atomic E-state index is 13.6. The predicted octanol–water partition coefficient (Wildman–Crippen LogP) is 2.00. The van der Waals surface area contributed by atoms with Crippen LogP contribution >= 0.6 is 11.3 Å². The molecule has 2 aromatic heterocycles. The van der Waals surface area contributed by atoms with Gasteiger partial charge in [-0.05, 0) is 31.2 Å². The van der Waals surface area contributed by atoms with E-state index < -0.39 is 6.04 Å². The molecular formula is C20H25N5O3S. The lowest BCUT2D eigenvalue weighted by molar-refractivity contribution is -0.160. The largest absolute Gasteiger partial charge is 0.472 e. The van der Waals surface area contributed by atoms with Crippen molar-refractivity contribution in [3.05, 3.63) is 29.7 Å². The van der Waals surface area contributed by atoms with Crippen LogP contribution in [0.15, 0.2) is 28.5 Å². The minimum atomic E-state index is -0.406. The number of carbonyl (C=O) groups excluding carboxylic acids is 2. The van der Waals surface area contributed by atoms with Gasteiger partial charge in [-0.25, -0.2) is 0 Å². The number of hydrogen-bond acceptors (Lipinski definition) is 7. The second kappa shape index (κ2) is 7.44. The van der Waals surface area contributed by atoms with E-state index in [4.69, 9.17) is 4.42 Å². The lowest BCUT2D eigenvalue weighted by Gasteiger charge is -2.56.